The van der Waals surface area contributed by atoms with Gasteiger partial charge in [0.05, 0.1) is 5.69 Å². The zero-order valence-corrected chi connectivity index (χ0v) is 21.6. The molecular weight excluding hydrogens is 458 g/mol. The lowest BCUT2D eigenvalue weighted by atomic mass is 9.62. The SMILES string of the molecule is c1cc2c3c(cccc3c1)C1(CCc3c(nc(OC[C@@H]4CCCN4)nc3N3[C@@H]4CC[C@H]3CNC4)C1)CC2. The number of benzene rings is 2. The molecule has 3 fully saturated rings. The Morgan fingerprint density at radius 1 is 0.973 bits per heavy atom. The molecule has 2 aromatic carbocycles. The Balaban J connectivity index is 1.21. The molecule has 1 aromatic heterocycles. The van der Waals surface area contributed by atoms with Crippen LogP contribution in [0.3, 0.4) is 0 Å². The fraction of sp³-hybridized carbons (Fsp3) is 0.548. The van der Waals surface area contributed by atoms with Crippen LogP contribution in [0.2, 0.25) is 0 Å². The van der Waals surface area contributed by atoms with Gasteiger partial charge in [0, 0.05) is 48.6 Å². The van der Waals surface area contributed by atoms with Crippen LogP contribution in [-0.4, -0.2) is 54.3 Å². The molecule has 2 aliphatic carbocycles. The highest BCUT2D eigenvalue weighted by Gasteiger charge is 2.44. The third kappa shape index (κ3) is 3.59. The van der Waals surface area contributed by atoms with Gasteiger partial charge in [-0.3, -0.25) is 0 Å². The summed E-state index contributed by atoms with van der Waals surface area (Å²) in [6.45, 7) is 3.86. The van der Waals surface area contributed by atoms with Crippen molar-refractivity contribution in [3.63, 3.8) is 0 Å². The van der Waals surface area contributed by atoms with Crippen molar-refractivity contribution in [3.05, 3.63) is 58.8 Å². The summed E-state index contributed by atoms with van der Waals surface area (Å²) in [5, 5.41) is 10.1. The summed E-state index contributed by atoms with van der Waals surface area (Å²) >= 11 is 0. The van der Waals surface area contributed by atoms with Crippen molar-refractivity contribution in [2.45, 2.75) is 81.3 Å². The Labute approximate surface area is 219 Å². The van der Waals surface area contributed by atoms with Crippen LogP contribution < -0.4 is 20.3 Å². The second kappa shape index (κ2) is 8.67. The minimum atomic E-state index is 0.152. The maximum absolute atomic E-state index is 6.34. The number of fused-ring (bicyclic) bond motifs is 4. The van der Waals surface area contributed by atoms with Crippen molar-refractivity contribution < 1.29 is 4.74 Å². The molecule has 6 nitrogen and oxygen atoms in total. The molecule has 2 N–H and O–H groups in total. The lowest BCUT2D eigenvalue weighted by Gasteiger charge is -2.44. The standard InChI is InChI=1S/C31H37N5O/c1-4-20-6-2-8-26-28(20)21(5-1)11-13-31(26)14-12-25-27(16-31)34-30(37-19-22-7-3-15-33-22)35-29(25)36-23-9-10-24(36)18-32-17-23/h1-2,4-6,8,22-24,32-33H,3,7,9-19H2/t22-,23-,24+,31?/m0/s1. The number of ether oxygens (including phenoxy) is 1. The van der Waals surface area contributed by atoms with E-state index in [0.717, 1.165) is 38.9 Å². The zero-order valence-electron chi connectivity index (χ0n) is 21.6. The Morgan fingerprint density at radius 3 is 2.65 bits per heavy atom. The molecule has 4 atom stereocenters. The number of hydrogen-bond donors (Lipinski definition) is 2. The number of piperazine rings is 1. The second-order valence-corrected chi connectivity index (χ2v) is 12.1. The topological polar surface area (TPSA) is 62.3 Å². The van der Waals surface area contributed by atoms with E-state index in [1.54, 1.807) is 0 Å². The van der Waals surface area contributed by atoms with E-state index >= 15 is 0 Å². The molecule has 0 radical (unpaired) electrons. The van der Waals surface area contributed by atoms with Gasteiger partial charge in [0.15, 0.2) is 0 Å². The number of nitrogens with one attached hydrogen (secondary N) is 2. The smallest absolute Gasteiger partial charge is 0.318 e. The molecule has 6 heteroatoms. The minimum Gasteiger partial charge on any atom is -0.462 e. The van der Waals surface area contributed by atoms with Crippen LogP contribution in [0, 0.1) is 0 Å². The molecule has 3 saturated heterocycles. The largest absolute Gasteiger partial charge is 0.462 e. The summed E-state index contributed by atoms with van der Waals surface area (Å²) in [6.07, 6.45) is 10.5. The van der Waals surface area contributed by atoms with Gasteiger partial charge in [-0.15, -0.1) is 0 Å². The van der Waals surface area contributed by atoms with Crippen LogP contribution in [0.5, 0.6) is 6.01 Å². The Hall–Kier alpha value is -2.70. The van der Waals surface area contributed by atoms with E-state index in [0.29, 0.717) is 30.7 Å². The highest BCUT2D eigenvalue weighted by molar-refractivity contribution is 5.90. The average molecular weight is 496 g/mol. The third-order valence-corrected chi connectivity index (χ3v) is 10.0. The third-order valence-electron chi connectivity index (χ3n) is 10.0. The van der Waals surface area contributed by atoms with Crippen molar-refractivity contribution in [1.29, 1.82) is 0 Å². The molecule has 0 saturated carbocycles. The van der Waals surface area contributed by atoms with Crippen LogP contribution in [0.25, 0.3) is 10.8 Å². The van der Waals surface area contributed by atoms with Crippen molar-refractivity contribution >= 4 is 16.6 Å². The van der Waals surface area contributed by atoms with Gasteiger partial charge in [0.2, 0.25) is 0 Å². The fourth-order valence-electron chi connectivity index (χ4n) is 8.17. The Kier molecular flexibility index (Phi) is 5.23. The normalized spacial score (nSPS) is 30.2. The quantitative estimate of drug-likeness (QED) is 0.569. The highest BCUT2D eigenvalue weighted by Crippen LogP contribution is 2.49. The van der Waals surface area contributed by atoms with E-state index in [-0.39, 0.29) is 5.41 Å². The summed E-state index contributed by atoms with van der Waals surface area (Å²) in [5.74, 6) is 1.18. The van der Waals surface area contributed by atoms with Crippen molar-refractivity contribution in [2.24, 2.45) is 0 Å². The molecule has 5 aliphatic rings. The average Bonchev–Trinajstić information content (AvgIpc) is 3.54. The van der Waals surface area contributed by atoms with E-state index in [1.807, 2.05) is 0 Å². The summed E-state index contributed by atoms with van der Waals surface area (Å²) in [6, 6.07) is 15.8. The van der Waals surface area contributed by atoms with E-state index in [1.165, 1.54) is 77.5 Å². The van der Waals surface area contributed by atoms with Crippen LogP contribution in [0.4, 0.5) is 5.82 Å². The van der Waals surface area contributed by atoms with Gasteiger partial charge in [-0.05, 0) is 79.8 Å². The van der Waals surface area contributed by atoms with Gasteiger partial charge in [-0.25, -0.2) is 0 Å². The van der Waals surface area contributed by atoms with Gasteiger partial charge < -0.3 is 20.3 Å². The summed E-state index contributed by atoms with van der Waals surface area (Å²) in [4.78, 5) is 13.0. The number of aromatic nitrogens is 2. The number of anilines is 1. The molecule has 1 spiro atoms. The molecule has 4 heterocycles. The highest BCUT2D eigenvalue weighted by atomic mass is 16.5. The summed E-state index contributed by atoms with van der Waals surface area (Å²) < 4.78 is 6.34. The van der Waals surface area contributed by atoms with Crippen LogP contribution >= 0.6 is 0 Å². The lowest BCUT2D eigenvalue weighted by Crippen LogP contribution is -2.53. The fourth-order valence-corrected chi connectivity index (χ4v) is 8.17. The molecule has 192 valence electrons. The van der Waals surface area contributed by atoms with Gasteiger partial charge in [0.25, 0.3) is 0 Å². The molecule has 8 rings (SSSR count). The maximum atomic E-state index is 6.34. The molecule has 1 unspecified atom stereocenters. The number of nitrogens with zero attached hydrogens (tertiary/aromatic N) is 3. The first-order valence-corrected chi connectivity index (χ1v) is 14.5. The zero-order chi connectivity index (χ0) is 24.4. The molecule has 0 amide bonds. The number of aryl methyl sites for hydroxylation is 1. The number of rotatable bonds is 4. The summed E-state index contributed by atoms with van der Waals surface area (Å²) in [5.41, 5.74) is 5.83. The van der Waals surface area contributed by atoms with E-state index in [9.17, 15) is 0 Å². The minimum absolute atomic E-state index is 0.152. The molecule has 2 bridgehead atoms. The monoisotopic (exact) mass is 495 g/mol. The predicted octanol–water partition coefficient (Wildman–Crippen LogP) is 4.07. The molecule has 3 aromatic rings. The molecule has 37 heavy (non-hydrogen) atoms. The van der Waals surface area contributed by atoms with Crippen LogP contribution in [-0.2, 0) is 24.7 Å². The van der Waals surface area contributed by atoms with Crippen LogP contribution in [0.1, 0.15) is 60.9 Å². The predicted molar refractivity (Wildman–Crippen MR) is 147 cm³/mol. The Bertz CT molecular complexity index is 1330. The summed E-state index contributed by atoms with van der Waals surface area (Å²) in [7, 11) is 0. The van der Waals surface area contributed by atoms with E-state index in [2.05, 4.69) is 51.9 Å². The first-order valence-electron chi connectivity index (χ1n) is 14.5. The van der Waals surface area contributed by atoms with Crippen LogP contribution in [0.15, 0.2) is 36.4 Å². The Morgan fingerprint density at radius 2 is 1.81 bits per heavy atom. The first-order chi connectivity index (χ1) is 18.3. The van der Waals surface area contributed by atoms with Gasteiger partial charge in [-0.1, -0.05) is 36.4 Å². The molecule has 3 aliphatic heterocycles. The van der Waals surface area contributed by atoms with Crippen molar-refractivity contribution in [2.75, 3.05) is 31.1 Å². The van der Waals surface area contributed by atoms with Crippen molar-refractivity contribution in [3.8, 4) is 6.01 Å². The second-order valence-electron chi connectivity index (χ2n) is 12.1. The lowest BCUT2D eigenvalue weighted by molar-refractivity contribution is 0.253. The molecular formula is C31H37N5O. The van der Waals surface area contributed by atoms with Gasteiger partial charge >= 0.3 is 6.01 Å². The first kappa shape index (κ1) is 22.3. The maximum Gasteiger partial charge on any atom is 0.318 e. The van der Waals surface area contributed by atoms with Gasteiger partial charge in [0.1, 0.15) is 12.4 Å². The van der Waals surface area contributed by atoms with Gasteiger partial charge in [-0.2, -0.15) is 9.97 Å². The number of hydrogen-bond acceptors (Lipinski definition) is 6. The van der Waals surface area contributed by atoms with Crippen molar-refractivity contribution in [1.82, 2.24) is 20.6 Å². The van der Waals surface area contributed by atoms with E-state index in [4.69, 9.17) is 14.7 Å². The van der Waals surface area contributed by atoms with E-state index < -0.39 is 0 Å².